The molecule has 0 radical (unpaired) electrons. The molecule has 1 saturated heterocycles. The van der Waals surface area contributed by atoms with Gasteiger partial charge in [-0.25, -0.2) is 9.78 Å². The maximum Gasteiger partial charge on any atom is 0.407 e. The van der Waals surface area contributed by atoms with E-state index in [0.29, 0.717) is 19.4 Å². The molecule has 1 aliphatic rings. The molecule has 110 valence electrons. The zero-order chi connectivity index (χ0) is 14.8. The van der Waals surface area contributed by atoms with Gasteiger partial charge in [-0.2, -0.15) is 0 Å². The molecule has 1 aromatic heterocycles. The summed E-state index contributed by atoms with van der Waals surface area (Å²) in [7, 11) is 0. The van der Waals surface area contributed by atoms with Crippen molar-refractivity contribution in [2.45, 2.75) is 24.9 Å². The quantitative estimate of drug-likeness (QED) is 0.912. The Morgan fingerprint density at radius 3 is 2.90 bits per heavy atom. The van der Waals surface area contributed by atoms with Gasteiger partial charge in [0.05, 0.1) is 11.7 Å². The Morgan fingerprint density at radius 2 is 2.19 bits per heavy atom. The van der Waals surface area contributed by atoms with Gasteiger partial charge in [-0.05, 0) is 6.42 Å². The lowest BCUT2D eigenvalue weighted by atomic mass is 10.1. The Labute approximate surface area is 127 Å². The van der Waals surface area contributed by atoms with Crippen LogP contribution in [0.1, 0.15) is 12.1 Å². The third kappa shape index (κ3) is 2.91. The van der Waals surface area contributed by atoms with E-state index >= 15 is 0 Å². The molecule has 5 nitrogen and oxygen atoms in total. The van der Waals surface area contributed by atoms with Gasteiger partial charge in [0, 0.05) is 30.0 Å². The van der Waals surface area contributed by atoms with Gasteiger partial charge in [0.15, 0.2) is 0 Å². The van der Waals surface area contributed by atoms with Crippen molar-refractivity contribution < 1.29 is 9.90 Å². The van der Waals surface area contributed by atoms with E-state index in [4.69, 9.17) is 5.73 Å². The van der Waals surface area contributed by atoms with Crippen LogP contribution in [0, 0.1) is 0 Å². The average molecular weight is 303 g/mol. The third-order valence-electron chi connectivity index (χ3n) is 3.83. The molecular weight excluding hydrogens is 286 g/mol. The van der Waals surface area contributed by atoms with Gasteiger partial charge in [-0.1, -0.05) is 30.3 Å². The normalized spacial score (nSPS) is 21.7. The zero-order valence-electron chi connectivity index (χ0n) is 11.5. The van der Waals surface area contributed by atoms with E-state index in [9.17, 15) is 9.90 Å². The smallest absolute Gasteiger partial charge is 0.407 e. The highest BCUT2D eigenvalue weighted by Crippen LogP contribution is 2.26. The fourth-order valence-corrected chi connectivity index (χ4v) is 3.54. The predicted octanol–water partition coefficient (Wildman–Crippen LogP) is 2.43. The van der Waals surface area contributed by atoms with Crippen molar-refractivity contribution in [3.63, 3.8) is 0 Å². The highest BCUT2D eigenvalue weighted by atomic mass is 32.1. The molecular formula is C15H17N3O2S. The van der Waals surface area contributed by atoms with Crippen molar-refractivity contribution in [2.75, 3.05) is 6.54 Å². The lowest BCUT2D eigenvalue weighted by Crippen LogP contribution is -2.43. The number of nitrogens with zero attached hydrogens (tertiary/aromatic N) is 2. The van der Waals surface area contributed by atoms with Crippen LogP contribution in [0.3, 0.4) is 0 Å². The van der Waals surface area contributed by atoms with E-state index in [1.165, 1.54) is 4.90 Å². The number of likely N-dealkylation sites (tertiary alicyclic amines) is 1. The lowest BCUT2D eigenvalue weighted by Gasteiger charge is -2.23. The molecule has 3 N–H and O–H groups in total. The summed E-state index contributed by atoms with van der Waals surface area (Å²) in [5, 5.41) is 12.2. The number of hydrogen-bond acceptors (Lipinski definition) is 4. The van der Waals surface area contributed by atoms with Gasteiger partial charge in [0.2, 0.25) is 0 Å². The summed E-state index contributed by atoms with van der Waals surface area (Å²) in [5.74, 6) is 0. The van der Waals surface area contributed by atoms with Crippen molar-refractivity contribution in [3.05, 3.63) is 41.4 Å². The van der Waals surface area contributed by atoms with E-state index in [1.807, 2.05) is 35.7 Å². The van der Waals surface area contributed by atoms with Gasteiger partial charge < -0.3 is 15.7 Å². The molecule has 21 heavy (non-hydrogen) atoms. The second-order valence-electron chi connectivity index (χ2n) is 5.21. The largest absolute Gasteiger partial charge is 0.465 e. The summed E-state index contributed by atoms with van der Waals surface area (Å²) in [5.41, 5.74) is 8.04. The molecule has 0 unspecified atom stereocenters. The Hall–Kier alpha value is -1.92. The minimum Gasteiger partial charge on any atom is -0.465 e. The maximum atomic E-state index is 11.2. The second kappa shape index (κ2) is 5.83. The van der Waals surface area contributed by atoms with Crippen molar-refractivity contribution in [2.24, 2.45) is 5.73 Å². The summed E-state index contributed by atoms with van der Waals surface area (Å²) < 4.78 is 0. The summed E-state index contributed by atoms with van der Waals surface area (Å²) in [6.45, 7) is 0.511. The van der Waals surface area contributed by atoms with Crippen LogP contribution in [0.2, 0.25) is 0 Å². The summed E-state index contributed by atoms with van der Waals surface area (Å²) in [6.07, 6.45) is 0.398. The summed E-state index contributed by atoms with van der Waals surface area (Å²) in [4.78, 5) is 17.3. The van der Waals surface area contributed by atoms with Crippen LogP contribution >= 0.6 is 11.3 Å². The minimum absolute atomic E-state index is 0.108. The molecule has 0 saturated carbocycles. The molecule has 0 bridgehead atoms. The standard InChI is InChI=1S/C15H17N3O2S/c16-12-6-7-18(15(19)20)13(12)8-11-9-21-14(17-11)10-4-2-1-3-5-10/h1-5,9,12-13H,6-8,16H2,(H,19,20)/t12-,13-/m0/s1. The first-order valence-electron chi connectivity index (χ1n) is 6.90. The zero-order valence-corrected chi connectivity index (χ0v) is 12.3. The number of rotatable bonds is 3. The van der Waals surface area contributed by atoms with Gasteiger partial charge >= 0.3 is 6.09 Å². The molecule has 0 aliphatic carbocycles. The van der Waals surface area contributed by atoms with Crippen LogP contribution < -0.4 is 5.73 Å². The topological polar surface area (TPSA) is 79.5 Å². The van der Waals surface area contributed by atoms with Crippen molar-refractivity contribution in [1.29, 1.82) is 0 Å². The number of nitrogens with two attached hydrogens (primary N) is 1. The number of benzene rings is 1. The second-order valence-corrected chi connectivity index (χ2v) is 6.07. The summed E-state index contributed by atoms with van der Waals surface area (Å²) >= 11 is 1.58. The first kappa shape index (κ1) is 14.0. The van der Waals surface area contributed by atoms with Gasteiger partial charge in [0.25, 0.3) is 0 Å². The van der Waals surface area contributed by atoms with E-state index in [0.717, 1.165) is 16.3 Å². The summed E-state index contributed by atoms with van der Waals surface area (Å²) in [6, 6.07) is 9.70. The Balaban J connectivity index is 1.76. The van der Waals surface area contributed by atoms with Gasteiger partial charge in [-0.3, -0.25) is 0 Å². The predicted molar refractivity (Wildman–Crippen MR) is 82.4 cm³/mol. The van der Waals surface area contributed by atoms with E-state index in [-0.39, 0.29) is 12.1 Å². The third-order valence-corrected chi connectivity index (χ3v) is 4.77. The van der Waals surface area contributed by atoms with Crippen molar-refractivity contribution in [1.82, 2.24) is 9.88 Å². The van der Waals surface area contributed by atoms with Crippen molar-refractivity contribution in [3.8, 4) is 10.6 Å². The maximum absolute atomic E-state index is 11.2. The van der Waals surface area contributed by atoms with E-state index in [2.05, 4.69) is 4.98 Å². The minimum atomic E-state index is -0.897. The van der Waals surface area contributed by atoms with Crippen LogP contribution in [-0.2, 0) is 6.42 Å². The van der Waals surface area contributed by atoms with E-state index in [1.54, 1.807) is 11.3 Å². The molecule has 1 aliphatic heterocycles. The molecule has 2 heterocycles. The molecule has 3 rings (SSSR count). The van der Waals surface area contributed by atoms with Crippen LogP contribution in [0.4, 0.5) is 4.79 Å². The molecule has 2 aromatic rings. The molecule has 1 amide bonds. The highest BCUT2D eigenvalue weighted by Gasteiger charge is 2.35. The van der Waals surface area contributed by atoms with Crippen LogP contribution in [0.25, 0.3) is 10.6 Å². The highest BCUT2D eigenvalue weighted by molar-refractivity contribution is 7.13. The molecule has 2 atom stereocenters. The fraction of sp³-hybridized carbons (Fsp3) is 0.333. The number of amides is 1. The van der Waals surface area contributed by atoms with Crippen LogP contribution in [0.15, 0.2) is 35.7 Å². The number of hydrogen-bond donors (Lipinski definition) is 2. The number of carboxylic acid groups (broad SMARTS) is 1. The molecule has 6 heteroatoms. The SMILES string of the molecule is N[C@H]1CCN(C(=O)O)[C@H]1Cc1csc(-c2ccccc2)n1. The molecule has 1 fully saturated rings. The number of thiazole rings is 1. The first-order valence-corrected chi connectivity index (χ1v) is 7.78. The average Bonchev–Trinajstić information content (AvgIpc) is 3.08. The monoisotopic (exact) mass is 303 g/mol. The number of aromatic nitrogens is 1. The molecule has 0 spiro atoms. The Morgan fingerprint density at radius 1 is 1.43 bits per heavy atom. The lowest BCUT2D eigenvalue weighted by molar-refractivity contribution is 0.138. The van der Waals surface area contributed by atoms with Gasteiger partial charge in [-0.15, -0.1) is 11.3 Å². The fourth-order valence-electron chi connectivity index (χ4n) is 2.70. The van der Waals surface area contributed by atoms with Gasteiger partial charge in [0.1, 0.15) is 5.01 Å². The van der Waals surface area contributed by atoms with Crippen LogP contribution in [-0.4, -0.2) is 39.7 Å². The van der Waals surface area contributed by atoms with E-state index < -0.39 is 6.09 Å². The number of carbonyl (C=O) groups is 1. The van der Waals surface area contributed by atoms with Crippen LogP contribution in [0.5, 0.6) is 0 Å². The first-order chi connectivity index (χ1) is 10.1. The molecule has 1 aromatic carbocycles. The van der Waals surface area contributed by atoms with Crippen molar-refractivity contribution >= 4 is 17.4 Å². The Bertz CT molecular complexity index is 629. The Kier molecular flexibility index (Phi) is 3.90.